The Kier molecular flexibility index (Phi) is 14.3. The first-order valence-corrected chi connectivity index (χ1v) is 7.84. The molecule has 2 N–H and O–H groups in total. The molecular weight excluding hydrogens is 258 g/mol. The van der Waals surface area contributed by atoms with E-state index in [2.05, 4.69) is 4.90 Å². The van der Waals surface area contributed by atoms with Gasteiger partial charge < -0.3 is 14.9 Å². The van der Waals surface area contributed by atoms with Crippen molar-refractivity contribution in [3.8, 4) is 0 Å². The van der Waals surface area contributed by atoms with Gasteiger partial charge in [-0.3, -0.25) is 9.69 Å². The van der Waals surface area contributed by atoms with Gasteiger partial charge in [0.15, 0.2) is 0 Å². The Balaban J connectivity index is 3.36. The molecule has 0 heterocycles. The lowest BCUT2D eigenvalue weighted by atomic mass is 10.1. The van der Waals surface area contributed by atoms with E-state index in [-0.39, 0.29) is 19.2 Å². The lowest BCUT2D eigenvalue weighted by Gasteiger charge is -2.19. The Morgan fingerprint density at radius 3 is 2.15 bits per heavy atom. The molecular formula is C15H31NO4. The minimum absolute atomic E-state index is 0.0797. The van der Waals surface area contributed by atoms with Crippen LogP contribution in [-0.4, -0.2) is 60.5 Å². The number of hydrogen-bond donors (Lipinski definition) is 2. The van der Waals surface area contributed by atoms with E-state index in [9.17, 15) is 4.79 Å². The summed E-state index contributed by atoms with van der Waals surface area (Å²) >= 11 is 0. The van der Waals surface area contributed by atoms with Crippen molar-refractivity contribution < 1.29 is 19.7 Å². The molecule has 20 heavy (non-hydrogen) atoms. The number of ether oxygens (including phenoxy) is 1. The molecule has 0 aliphatic rings. The van der Waals surface area contributed by atoms with Crippen LogP contribution in [0.5, 0.6) is 0 Å². The Morgan fingerprint density at radius 2 is 1.55 bits per heavy atom. The molecule has 0 amide bonds. The predicted octanol–water partition coefficient (Wildman–Crippen LogP) is 1.57. The van der Waals surface area contributed by atoms with E-state index >= 15 is 0 Å². The first kappa shape index (κ1) is 19.4. The Morgan fingerprint density at radius 1 is 0.950 bits per heavy atom. The molecule has 120 valence electrons. The fourth-order valence-electron chi connectivity index (χ4n) is 2.04. The third kappa shape index (κ3) is 12.4. The van der Waals surface area contributed by atoms with Crippen molar-refractivity contribution in [1.82, 2.24) is 4.90 Å². The zero-order valence-electron chi connectivity index (χ0n) is 12.9. The van der Waals surface area contributed by atoms with Crippen molar-refractivity contribution in [3.05, 3.63) is 0 Å². The Bertz CT molecular complexity index is 218. The summed E-state index contributed by atoms with van der Waals surface area (Å²) in [4.78, 5) is 13.3. The number of aliphatic hydroxyl groups is 2. The van der Waals surface area contributed by atoms with Crippen molar-refractivity contribution in [3.63, 3.8) is 0 Å². The number of esters is 1. The Labute approximate surface area is 122 Å². The standard InChI is InChI=1S/C15H31NO4/c1-2-14-20-15(19)8-6-4-3-5-7-9-16(10-12-17)11-13-18/h17-18H,2-14H2,1H3. The van der Waals surface area contributed by atoms with Gasteiger partial charge in [-0.15, -0.1) is 0 Å². The maximum atomic E-state index is 11.2. The number of carbonyl (C=O) groups is 1. The Hall–Kier alpha value is -0.650. The normalized spacial score (nSPS) is 11.0. The van der Waals surface area contributed by atoms with Gasteiger partial charge in [0, 0.05) is 19.5 Å². The third-order valence-electron chi connectivity index (χ3n) is 3.15. The van der Waals surface area contributed by atoms with E-state index in [1.54, 1.807) is 0 Å². The van der Waals surface area contributed by atoms with Gasteiger partial charge in [0.2, 0.25) is 0 Å². The average Bonchev–Trinajstić information content (AvgIpc) is 2.44. The van der Waals surface area contributed by atoms with Crippen LogP contribution in [0, 0.1) is 0 Å². The number of carbonyl (C=O) groups excluding carboxylic acids is 1. The van der Waals surface area contributed by atoms with E-state index in [0.29, 0.717) is 26.1 Å². The van der Waals surface area contributed by atoms with Crippen LogP contribution < -0.4 is 0 Å². The van der Waals surface area contributed by atoms with Crippen molar-refractivity contribution in [2.45, 2.75) is 51.9 Å². The molecule has 0 aliphatic carbocycles. The van der Waals surface area contributed by atoms with Crippen molar-refractivity contribution in [2.75, 3.05) is 39.5 Å². The summed E-state index contributed by atoms with van der Waals surface area (Å²) in [5.41, 5.74) is 0. The third-order valence-corrected chi connectivity index (χ3v) is 3.15. The summed E-state index contributed by atoms with van der Waals surface area (Å²) in [5, 5.41) is 17.8. The van der Waals surface area contributed by atoms with Gasteiger partial charge in [-0.2, -0.15) is 0 Å². The minimum Gasteiger partial charge on any atom is -0.466 e. The van der Waals surface area contributed by atoms with Crippen LogP contribution in [0.3, 0.4) is 0 Å². The van der Waals surface area contributed by atoms with Crippen LogP contribution in [0.25, 0.3) is 0 Å². The quantitative estimate of drug-likeness (QED) is 0.375. The smallest absolute Gasteiger partial charge is 0.305 e. The highest BCUT2D eigenvalue weighted by Crippen LogP contribution is 2.07. The van der Waals surface area contributed by atoms with Gasteiger partial charge in [0.05, 0.1) is 19.8 Å². The lowest BCUT2D eigenvalue weighted by Crippen LogP contribution is -2.30. The molecule has 0 saturated carbocycles. The number of unbranched alkanes of at least 4 members (excludes halogenated alkanes) is 4. The van der Waals surface area contributed by atoms with Gasteiger partial charge in [0.25, 0.3) is 0 Å². The van der Waals surface area contributed by atoms with Gasteiger partial charge >= 0.3 is 5.97 Å². The van der Waals surface area contributed by atoms with Crippen LogP contribution in [-0.2, 0) is 9.53 Å². The largest absolute Gasteiger partial charge is 0.466 e. The molecule has 0 aromatic heterocycles. The first-order chi connectivity index (χ1) is 9.74. The van der Waals surface area contributed by atoms with Crippen molar-refractivity contribution >= 4 is 5.97 Å². The fourth-order valence-corrected chi connectivity index (χ4v) is 2.04. The monoisotopic (exact) mass is 289 g/mol. The molecule has 0 fully saturated rings. The summed E-state index contributed by atoms with van der Waals surface area (Å²) in [6.07, 6.45) is 6.68. The molecule has 0 spiro atoms. The fraction of sp³-hybridized carbons (Fsp3) is 0.933. The second-order valence-corrected chi connectivity index (χ2v) is 5.03. The zero-order chi connectivity index (χ0) is 15.1. The van der Waals surface area contributed by atoms with E-state index in [0.717, 1.165) is 45.1 Å². The highest BCUT2D eigenvalue weighted by molar-refractivity contribution is 5.69. The second-order valence-electron chi connectivity index (χ2n) is 5.03. The molecule has 0 radical (unpaired) electrons. The number of aliphatic hydroxyl groups excluding tert-OH is 2. The summed E-state index contributed by atoms with van der Waals surface area (Å²) in [6.45, 7) is 4.97. The molecule has 0 atom stereocenters. The summed E-state index contributed by atoms with van der Waals surface area (Å²) in [5.74, 6) is -0.0797. The van der Waals surface area contributed by atoms with Gasteiger partial charge in [0.1, 0.15) is 0 Å². The number of rotatable bonds is 14. The molecule has 0 saturated heterocycles. The van der Waals surface area contributed by atoms with E-state index < -0.39 is 0 Å². The van der Waals surface area contributed by atoms with E-state index in [1.807, 2.05) is 6.92 Å². The lowest BCUT2D eigenvalue weighted by molar-refractivity contribution is -0.143. The number of hydrogen-bond acceptors (Lipinski definition) is 5. The second kappa shape index (κ2) is 14.8. The van der Waals surface area contributed by atoms with Crippen LogP contribution in [0.2, 0.25) is 0 Å². The van der Waals surface area contributed by atoms with Gasteiger partial charge in [-0.25, -0.2) is 0 Å². The molecule has 0 aromatic carbocycles. The van der Waals surface area contributed by atoms with Crippen LogP contribution in [0.1, 0.15) is 51.9 Å². The van der Waals surface area contributed by atoms with Crippen molar-refractivity contribution in [2.24, 2.45) is 0 Å². The molecule has 0 bridgehead atoms. The molecule has 0 rings (SSSR count). The molecule has 0 unspecified atom stereocenters. The topological polar surface area (TPSA) is 70.0 Å². The molecule has 0 aromatic rings. The van der Waals surface area contributed by atoms with E-state index in [4.69, 9.17) is 14.9 Å². The average molecular weight is 289 g/mol. The summed E-state index contributed by atoms with van der Waals surface area (Å²) in [7, 11) is 0. The predicted molar refractivity (Wildman–Crippen MR) is 79.6 cm³/mol. The zero-order valence-corrected chi connectivity index (χ0v) is 12.9. The molecule has 5 heteroatoms. The highest BCUT2D eigenvalue weighted by atomic mass is 16.5. The highest BCUT2D eigenvalue weighted by Gasteiger charge is 2.04. The SMILES string of the molecule is CCCOC(=O)CCCCCCCN(CCO)CCO. The maximum absolute atomic E-state index is 11.2. The van der Waals surface area contributed by atoms with Gasteiger partial charge in [-0.05, 0) is 25.8 Å². The van der Waals surface area contributed by atoms with Crippen LogP contribution in [0.15, 0.2) is 0 Å². The van der Waals surface area contributed by atoms with E-state index in [1.165, 1.54) is 0 Å². The summed E-state index contributed by atoms with van der Waals surface area (Å²) < 4.78 is 5.01. The summed E-state index contributed by atoms with van der Waals surface area (Å²) in [6, 6.07) is 0. The minimum atomic E-state index is -0.0797. The first-order valence-electron chi connectivity index (χ1n) is 7.84. The molecule has 0 aliphatic heterocycles. The van der Waals surface area contributed by atoms with Gasteiger partial charge in [-0.1, -0.05) is 26.2 Å². The maximum Gasteiger partial charge on any atom is 0.305 e. The van der Waals surface area contributed by atoms with Crippen LogP contribution >= 0.6 is 0 Å². The molecule has 5 nitrogen and oxygen atoms in total. The number of nitrogens with zero attached hydrogens (tertiary/aromatic N) is 1. The van der Waals surface area contributed by atoms with Crippen LogP contribution in [0.4, 0.5) is 0 Å². The van der Waals surface area contributed by atoms with Crippen molar-refractivity contribution in [1.29, 1.82) is 0 Å².